The number of nitrogens with zero attached hydrogens (tertiary/aromatic N) is 4. The molecule has 0 aliphatic rings. The van der Waals surface area contributed by atoms with Crippen molar-refractivity contribution in [2.24, 2.45) is 0 Å². The van der Waals surface area contributed by atoms with Crippen molar-refractivity contribution in [3.05, 3.63) is 36.7 Å². The van der Waals surface area contributed by atoms with Gasteiger partial charge in [0.15, 0.2) is 5.78 Å². The Morgan fingerprint density at radius 3 is 2.78 bits per heavy atom. The average molecular weight is 307 g/mol. The number of carbonyl (C=O) groups excluding carboxylic acids is 1. The van der Waals surface area contributed by atoms with E-state index >= 15 is 0 Å². The summed E-state index contributed by atoms with van der Waals surface area (Å²) in [5.41, 5.74) is 0.268. The molecule has 10 heteroatoms. The topological polar surface area (TPSA) is 90.9 Å². The minimum Gasteiger partial charge on any atom is -0.390 e. The smallest absolute Gasteiger partial charge is 0.390 e. The van der Waals surface area contributed by atoms with Crippen LogP contribution in [0.1, 0.15) is 10.4 Å². The highest BCUT2D eigenvalue weighted by molar-refractivity contribution is 7.20. The van der Waals surface area contributed by atoms with E-state index in [1.54, 1.807) is 0 Å². The van der Waals surface area contributed by atoms with Gasteiger partial charge < -0.3 is 10.1 Å². The lowest BCUT2D eigenvalue weighted by atomic mass is 10.2. The van der Waals surface area contributed by atoms with Crippen LogP contribution in [0.3, 0.4) is 0 Å². The molecule has 0 fully saturated rings. The van der Waals surface area contributed by atoms with Gasteiger partial charge in [-0.05, 0) is 11.0 Å². The first-order valence-electron chi connectivity index (χ1n) is 4.49. The average Bonchev–Trinajstić information content (AvgIpc) is 2.85. The van der Waals surface area contributed by atoms with Crippen molar-refractivity contribution in [3.8, 4) is 0 Å². The summed E-state index contributed by atoms with van der Waals surface area (Å²) in [6.07, 6.45) is 1.11. The van der Waals surface area contributed by atoms with E-state index in [1.807, 2.05) is 0 Å². The zero-order valence-corrected chi connectivity index (χ0v) is 10.9. The van der Waals surface area contributed by atoms with E-state index in [2.05, 4.69) is 10.1 Å². The fraction of sp³-hybridized carbons (Fsp3) is 0.125. The second kappa shape index (κ2) is 5.01. The molecule has 0 bridgehead atoms. The van der Waals surface area contributed by atoms with Crippen molar-refractivity contribution in [2.45, 2.75) is 6.54 Å². The maximum Gasteiger partial charge on any atom is 0.490 e. The molecule has 7 nitrogen and oxygen atoms in total. The predicted octanol–water partition coefficient (Wildman–Crippen LogP) is 2.44. The largest absolute Gasteiger partial charge is 0.490 e. The summed E-state index contributed by atoms with van der Waals surface area (Å²) >= 11 is 12.6. The van der Waals surface area contributed by atoms with Gasteiger partial charge in [-0.2, -0.15) is 4.68 Å². The van der Waals surface area contributed by atoms with E-state index in [0.717, 1.165) is 22.3 Å². The summed E-state index contributed by atoms with van der Waals surface area (Å²) in [7, 11) is 0. The number of rotatable bonds is 4. The lowest BCUT2D eigenvalue weighted by molar-refractivity contribution is -0.394. The number of carbonyl (C=O) groups is 1. The van der Waals surface area contributed by atoms with E-state index in [4.69, 9.17) is 23.2 Å². The van der Waals surface area contributed by atoms with Crippen molar-refractivity contribution in [2.75, 3.05) is 0 Å². The van der Waals surface area contributed by atoms with E-state index in [-0.39, 0.29) is 22.2 Å². The van der Waals surface area contributed by atoms with Gasteiger partial charge >= 0.3 is 5.95 Å². The molecule has 0 N–H and O–H groups in total. The molecular formula is C8H4Cl2N4O3S. The minimum atomic E-state index is -0.741. The molecule has 0 atom stereocenters. The van der Waals surface area contributed by atoms with Crippen LogP contribution in [0.25, 0.3) is 0 Å². The summed E-state index contributed by atoms with van der Waals surface area (Å²) in [5.74, 6) is -0.903. The standard InChI is InChI=1S/C8H4Cl2N4O3S/c9-6-1-4(7(10)18-6)5(15)2-13-3-11-8(12-13)14(16)17/h1,3H,2H2. The van der Waals surface area contributed by atoms with E-state index in [1.165, 1.54) is 6.07 Å². The monoisotopic (exact) mass is 306 g/mol. The number of thiophene rings is 1. The number of halogens is 2. The number of Topliss-reactive ketones (excluding diaryl/α,β-unsaturated/α-hetero) is 1. The Hall–Kier alpha value is -1.51. The molecule has 0 unspecified atom stereocenters. The maximum atomic E-state index is 11.8. The summed E-state index contributed by atoms with van der Waals surface area (Å²) in [5, 5.41) is 13.9. The Morgan fingerprint density at radius 1 is 1.56 bits per heavy atom. The molecule has 0 saturated carbocycles. The van der Waals surface area contributed by atoms with Crippen LogP contribution in [0.15, 0.2) is 12.4 Å². The Balaban J connectivity index is 2.16. The number of ketones is 1. The van der Waals surface area contributed by atoms with Crippen LogP contribution in [0.2, 0.25) is 8.67 Å². The molecule has 0 saturated heterocycles. The summed E-state index contributed by atoms with van der Waals surface area (Å²) in [6.45, 7) is -0.187. The SMILES string of the molecule is O=C(Cn1cnc([N+](=O)[O-])n1)c1cc(Cl)sc1Cl. The number of aromatic nitrogens is 3. The summed E-state index contributed by atoms with van der Waals surface area (Å²) < 4.78 is 1.75. The molecule has 0 radical (unpaired) electrons. The molecule has 2 heterocycles. The second-order valence-electron chi connectivity index (χ2n) is 3.16. The predicted molar refractivity (Wildman–Crippen MR) is 65.3 cm³/mol. The summed E-state index contributed by atoms with van der Waals surface area (Å²) in [4.78, 5) is 24.9. The van der Waals surface area contributed by atoms with Gasteiger partial charge in [0.25, 0.3) is 0 Å². The first-order valence-corrected chi connectivity index (χ1v) is 6.06. The van der Waals surface area contributed by atoms with E-state index < -0.39 is 10.9 Å². The van der Waals surface area contributed by atoms with Crippen LogP contribution in [0, 0.1) is 10.1 Å². The third-order valence-electron chi connectivity index (χ3n) is 1.95. The first-order chi connectivity index (χ1) is 8.47. The highest BCUT2D eigenvalue weighted by atomic mass is 35.5. The van der Waals surface area contributed by atoms with Gasteiger partial charge in [0, 0.05) is 5.10 Å². The normalized spacial score (nSPS) is 10.6. The molecule has 2 aromatic rings. The van der Waals surface area contributed by atoms with E-state index in [0.29, 0.717) is 4.34 Å². The Morgan fingerprint density at radius 2 is 2.28 bits per heavy atom. The minimum absolute atomic E-state index is 0.187. The zero-order valence-electron chi connectivity index (χ0n) is 8.54. The highest BCUT2D eigenvalue weighted by Gasteiger charge is 2.19. The van der Waals surface area contributed by atoms with Crippen LogP contribution in [0.4, 0.5) is 5.95 Å². The molecule has 18 heavy (non-hydrogen) atoms. The number of hydrogen-bond donors (Lipinski definition) is 0. The van der Waals surface area contributed by atoms with Crippen molar-refractivity contribution < 1.29 is 9.72 Å². The molecule has 0 spiro atoms. The lowest BCUT2D eigenvalue weighted by Gasteiger charge is -1.95. The molecule has 2 rings (SSSR count). The molecule has 94 valence electrons. The van der Waals surface area contributed by atoms with Crippen molar-refractivity contribution >= 4 is 46.3 Å². The Kier molecular flexibility index (Phi) is 3.60. The van der Waals surface area contributed by atoms with Crippen molar-refractivity contribution in [1.29, 1.82) is 0 Å². The molecular weight excluding hydrogens is 303 g/mol. The number of nitro groups is 1. The molecule has 0 amide bonds. The van der Waals surface area contributed by atoms with Crippen LogP contribution in [0.5, 0.6) is 0 Å². The van der Waals surface area contributed by atoms with Gasteiger partial charge in [-0.3, -0.25) is 4.79 Å². The quantitative estimate of drug-likeness (QED) is 0.491. The van der Waals surface area contributed by atoms with E-state index in [9.17, 15) is 14.9 Å². The van der Waals surface area contributed by atoms with Crippen LogP contribution in [-0.2, 0) is 6.54 Å². The molecule has 0 aliphatic carbocycles. The Bertz CT molecular complexity index is 624. The van der Waals surface area contributed by atoms with Gasteiger partial charge in [-0.15, -0.1) is 11.3 Å². The summed E-state index contributed by atoms with van der Waals surface area (Å²) in [6, 6.07) is 1.45. The number of hydrogen-bond acceptors (Lipinski definition) is 6. The van der Waals surface area contributed by atoms with Gasteiger partial charge in [0.2, 0.25) is 6.33 Å². The third kappa shape index (κ3) is 2.66. The van der Waals surface area contributed by atoms with Crippen LogP contribution in [-0.4, -0.2) is 25.5 Å². The fourth-order valence-corrected chi connectivity index (χ4v) is 2.71. The van der Waals surface area contributed by atoms with Crippen molar-refractivity contribution in [3.63, 3.8) is 0 Å². The molecule has 0 aromatic carbocycles. The first kappa shape index (κ1) is 12.9. The Labute approximate surface area is 114 Å². The molecule has 0 aliphatic heterocycles. The third-order valence-corrected chi connectivity index (χ3v) is 3.44. The van der Waals surface area contributed by atoms with Crippen LogP contribution < -0.4 is 0 Å². The second-order valence-corrected chi connectivity index (χ2v) is 5.45. The van der Waals surface area contributed by atoms with Gasteiger partial charge in [0.05, 0.1) is 9.90 Å². The maximum absolute atomic E-state index is 11.8. The van der Waals surface area contributed by atoms with Crippen LogP contribution >= 0.6 is 34.5 Å². The van der Waals surface area contributed by atoms with Gasteiger partial charge in [-0.25, -0.2) is 0 Å². The lowest BCUT2D eigenvalue weighted by Crippen LogP contribution is -2.10. The van der Waals surface area contributed by atoms with Crippen molar-refractivity contribution in [1.82, 2.24) is 14.8 Å². The van der Waals surface area contributed by atoms with Gasteiger partial charge in [0.1, 0.15) is 10.9 Å². The molecule has 2 aromatic heterocycles. The zero-order chi connectivity index (χ0) is 13.3. The fourth-order valence-electron chi connectivity index (χ4n) is 1.21. The van der Waals surface area contributed by atoms with Gasteiger partial charge in [-0.1, -0.05) is 28.2 Å². The highest BCUT2D eigenvalue weighted by Crippen LogP contribution is 2.31.